The van der Waals surface area contributed by atoms with Crippen molar-refractivity contribution < 1.29 is 17.9 Å². The Kier molecular flexibility index (Phi) is 6.79. The lowest BCUT2D eigenvalue weighted by Gasteiger charge is -2.13. The van der Waals surface area contributed by atoms with Gasteiger partial charge in [-0.05, 0) is 73.5 Å². The van der Waals surface area contributed by atoms with Crippen LogP contribution in [0.1, 0.15) is 21.5 Å². The number of aryl methyl sites for hydroxylation is 2. The summed E-state index contributed by atoms with van der Waals surface area (Å²) in [5, 5.41) is 3.01. The SMILES string of the molecule is COc1ccc(NC(=O)c2ccc(Cl)c(S(=O)(=O)Nc3cc(C)cc(C)c3)c2)cc1Cl. The molecule has 0 saturated carbocycles. The van der Waals surface area contributed by atoms with Crippen LogP contribution >= 0.6 is 23.2 Å². The molecule has 0 aliphatic carbocycles. The van der Waals surface area contributed by atoms with Gasteiger partial charge in [0.25, 0.3) is 15.9 Å². The van der Waals surface area contributed by atoms with Gasteiger partial charge in [-0.2, -0.15) is 0 Å². The summed E-state index contributed by atoms with van der Waals surface area (Å²) in [6, 6.07) is 14.2. The van der Waals surface area contributed by atoms with Crippen molar-refractivity contribution in [1.82, 2.24) is 0 Å². The smallest absolute Gasteiger partial charge is 0.263 e. The number of hydrogen-bond acceptors (Lipinski definition) is 4. The van der Waals surface area contributed by atoms with Crippen LogP contribution in [0.4, 0.5) is 11.4 Å². The number of sulfonamides is 1. The van der Waals surface area contributed by atoms with Crippen LogP contribution in [0.25, 0.3) is 0 Å². The number of halogens is 2. The molecule has 0 atom stereocenters. The highest BCUT2D eigenvalue weighted by Crippen LogP contribution is 2.29. The minimum absolute atomic E-state index is 0.000849. The molecule has 6 nitrogen and oxygen atoms in total. The van der Waals surface area contributed by atoms with E-state index in [1.165, 1.54) is 31.4 Å². The molecular weight excluding hydrogens is 459 g/mol. The van der Waals surface area contributed by atoms with Gasteiger partial charge in [0.2, 0.25) is 0 Å². The largest absolute Gasteiger partial charge is 0.495 e. The zero-order chi connectivity index (χ0) is 22.8. The zero-order valence-electron chi connectivity index (χ0n) is 17.0. The molecule has 0 aromatic heterocycles. The summed E-state index contributed by atoms with van der Waals surface area (Å²) in [5.41, 5.74) is 2.79. The molecule has 0 bridgehead atoms. The van der Waals surface area contributed by atoms with Crippen molar-refractivity contribution in [1.29, 1.82) is 0 Å². The predicted molar refractivity (Wildman–Crippen MR) is 124 cm³/mol. The van der Waals surface area contributed by atoms with Gasteiger partial charge in [0.05, 0.1) is 17.2 Å². The quantitative estimate of drug-likeness (QED) is 0.477. The van der Waals surface area contributed by atoms with Gasteiger partial charge in [-0.3, -0.25) is 9.52 Å². The van der Waals surface area contributed by atoms with Gasteiger partial charge in [0.15, 0.2) is 0 Å². The molecule has 3 aromatic rings. The molecular formula is C22H20Cl2N2O4S. The predicted octanol–water partition coefficient (Wildman–Crippen LogP) is 5.67. The fourth-order valence-electron chi connectivity index (χ4n) is 3.04. The average Bonchev–Trinajstić information content (AvgIpc) is 2.67. The van der Waals surface area contributed by atoms with Crippen LogP contribution in [-0.2, 0) is 10.0 Å². The van der Waals surface area contributed by atoms with E-state index in [1.54, 1.807) is 24.3 Å². The van der Waals surface area contributed by atoms with E-state index in [9.17, 15) is 13.2 Å². The van der Waals surface area contributed by atoms with Crippen molar-refractivity contribution in [3.05, 3.63) is 81.3 Å². The Morgan fingerprint density at radius 1 is 0.871 bits per heavy atom. The first-order valence-electron chi connectivity index (χ1n) is 9.14. The van der Waals surface area contributed by atoms with Crippen molar-refractivity contribution in [3.63, 3.8) is 0 Å². The van der Waals surface area contributed by atoms with E-state index in [4.69, 9.17) is 27.9 Å². The first-order chi connectivity index (χ1) is 14.6. The van der Waals surface area contributed by atoms with Crippen LogP contribution in [0, 0.1) is 13.8 Å². The summed E-state index contributed by atoms with van der Waals surface area (Å²) in [5.74, 6) is -0.0438. The van der Waals surface area contributed by atoms with Gasteiger partial charge in [-0.15, -0.1) is 0 Å². The molecule has 0 radical (unpaired) electrons. The standard InChI is InChI=1S/C22H20Cl2N2O4S/c1-13-8-14(2)10-17(9-13)26-31(28,29)21-11-15(4-6-18(21)23)22(27)25-16-5-7-20(30-3)19(24)12-16/h4-12,26H,1-3H3,(H,25,27). The lowest BCUT2D eigenvalue weighted by atomic mass is 10.1. The third-order valence-electron chi connectivity index (χ3n) is 4.37. The van der Waals surface area contributed by atoms with Crippen LogP contribution in [0.2, 0.25) is 10.0 Å². The third-order valence-corrected chi connectivity index (χ3v) is 6.52. The average molecular weight is 479 g/mol. The molecule has 3 rings (SSSR count). The maximum atomic E-state index is 12.9. The zero-order valence-corrected chi connectivity index (χ0v) is 19.3. The fraction of sp³-hybridized carbons (Fsp3) is 0.136. The van der Waals surface area contributed by atoms with Gasteiger partial charge < -0.3 is 10.1 Å². The van der Waals surface area contributed by atoms with E-state index < -0.39 is 15.9 Å². The van der Waals surface area contributed by atoms with Crippen LogP contribution in [0.5, 0.6) is 5.75 Å². The summed E-state index contributed by atoms with van der Waals surface area (Å²) in [6.45, 7) is 3.74. The summed E-state index contributed by atoms with van der Waals surface area (Å²) >= 11 is 12.2. The molecule has 0 aliphatic heterocycles. The lowest BCUT2D eigenvalue weighted by Crippen LogP contribution is -2.16. The van der Waals surface area contributed by atoms with Crippen molar-refractivity contribution in [3.8, 4) is 5.75 Å². The van der Waals surface area contributed by atoms with E-state index in [1.807, 2.05) is 19.9 Å². The topological polar surface area (TPSA) is 84.5 Å². The van der Waals surface area contributed by atoms with Crippen molar-refractivity contribution >= 4 is 50.5 Å². The molecule has 3 aromatic carbocycles. The van der Waals surface area contributed by atoms with Gasteiger partial charge in [-0.1, -0.05) is 29.3 Å². The molecule has 0 fully saturated rings. The Hall–Kier alpha value is -2.74. The molecule has 2 N–H and O–H groups in total. The van der Waals surface area contributed by atoms with Crippen LogP contribution < -0.4 is 14.8 Å². The second kappa shape index (κ2) is 9.18. The van der Waals surface area contributed by atoms with E-state index >= 15 is 0 Å². The Labute approximate surface area is 191 Å². The van der Waals surface area contributed by atoms with Gasteiger partial charge in [0, 0.05) is 16.9 Å². The summed E-state index contributed by atoms with van der Waals surface area (Å²) in [6.07, 6.45) is 0. The molecule has 0 heterocycles. The normalized spacial score (nSPS) is 11.1. The molecule has 162 valence electrons. The first-order valence-corrected chi connectivity index (χ1v) is 11.4. The summed E-state index contributed by atoms with van der Waals surface area (Å²) in [7, 11) is -2.53. The molecule has 0 aliphatic rings. The highest BCUT2D eigenvalue weighted by atomic mass is 35.5. The summed E-state index contributed by atoms with van der Waals surface area (Å²) in [4.78, 5) is 12.5. The second-order valence-electron chi connectivity index (χ2n) is 6.93. The van der Waals surface area contributed by atoms with Crippen LogP contribution in [0.3, 0.4) is 0 Å². The summed E-state index contributed by atoms with van der Waals surface area (Å²) < 4.78 is 33.5. The highest BCUT2D eigenvalue weighted by Gasteiger charge is 2.21. The number of ether oxygens (including phenoxy) is 1. The number of benzene rings is 3. The molecule has 1 amide bonds. The van der Waals surface area contributed by atoms with Crippen LogP contribution in [0.15, 0.2) is 59.5 Å². The first kappa shape index (κ1) is 22.9. The monoisotopic (exact) mass is 478 g/mol. The Morgan fingerprint density at radius 2 is 1.55 bits per heavy atom. The van der Waals surface area contributed by atoms with Gasteiger partial charge >= 0.3 is 0 Å². The minimum atomic E-state index is -4.02. The third kappa shape index (κ3) is 5.50. The van der Waals surface area contributed by atoms with E-state index in [0.717, 1.165) is 11.1 Å². The number of carbonyl (C=O) groups excluding carboxylic acids is 1. The Bertz CT molecular complexity index is 1240. The van der Waals surface area contributed by atoms with E-state index in [-0.39, 0.29) is 15.5 Å². The molecule has 0 saturated heterocycles. The lowest BCUT2D eigenvalue weighted by molar-refractivity contribution is 0.102. The number of methoxy groups -OCH3 is 1. The van der Waals surface area contributed by atoms with Crippen molar-refractivity contribution in [2.75, 3.05) is 17.1 Å². The fourth-order valence-corrected chi connectivity index (χ4v) is 4.87. The van der Waals surface area contributed by atoms with Crippen molar-refractivity contribution in [2.24, 2.45) is 0 Å². The van der Waals surface area contributed by atoms with Gasteiger partial charge in [-0.25, -0.2) is 8.42 Å². The minimum Gasteiger partial charge on any atom is -0.495 e. The number of rotatable bonds is 6. The molecule has 9 heteroatoms. The number of nitrogens with one attached hydrogen (secondary N) is 2. The number of amides is 1. The van der Waals surface area contributed by atoms with Crippen molar-refractivity contribution in [2.45, 2.75) is 18.7 Å². The Morgan fingerprint density at radius 3 is 2.16 bits per heavy atom. The maximum absolute atomic E-state index is 12.9. The van der Waals surface area contributed by atoms with E-state index in [2.05, 4.69) is 10.0 Å². The molecule has 0 spiro atoms. The Balaban J connectivity index is 1.88. The maximum Gasteiger partial charge on any atom is 0.263 e. The highest BCUT2D eigenvalue weighted by molar-refractivity contribution is 7.92. The van der Waals surface area contributed by atoms with Crippen LogP contribution in [-0.4, -0.2) is 21.4 Å². The molecule has 0 unspecified atom stereocenters. The number of hydrogen-bond donors (Lipinski definition) is 2. The van der Waals surface area contributed by atoms with Gasteiger partial charge in [0.1, 0.15) is 10.6 Å². The number of carbonyl (C=O) groups is 1. The number of anilines is 2. The molecule has 31 heavy (non-hydrogen) atoms. The van der Waals surface area contributed by atoms with E-state index in [0.29, 0.717) is 22.1 Å². The second-order valence-corrected chi connectivity index (χ2v) is 9.40.